The molecule has 2 amide bonds. The summed E-state index contributed by atoms with van der Waals surface area (Å²) in [7, 11) is 1.55. The number of ether oxygens (including phenoxy) is 1. The van der Waals surface area contributed by atoms with E-state index in [0.717, 1.165) is 17.7 Å². The van der Waals surface area contributed by atoms with Gasteiger partial charge in [-0.3, -0.25) is 19.5 Å². The van der Waals surface area contributed by atoms with E-state index < -0.39 is 0 Å². The summed E-state index contributed by atoms with van der Waals surface area (Å²) < 4.78 is 5.47. The summed E-state index contributed by atoms with van der Waals surface area (Å²) in [6.45, 7) is 2.23. The first-order valence-corrected chi connectivity index (χ1v) is 10.1. The molecule has 3 aromatic rings. The Morgan fingerprint density at radius 1 is 0.935 bits per heavy atom. The molecule has 1 aliphatic rings. The van der Waals surface area contributed by atoms with Crippen molar-refractivity contribution in [1.82, 2.24) is 9.88 Å². The number of rotatable bonds is 7. The molecule has 0 atom stereocenters. The SMILES string of the molecule is CCc1ccc(NC2=C(c3ccccc3OC)C(=O)N(Cc3cccnc3)C2=O)cc1. The van der Waals surface area contributed by atoms with Crippen LogP contribution in [0.1, 0.15) is 23.6 Å². The van der Waals surface area contributed by atoms with Gasteiger partial charge in [0.2, 0.25) is 0 Å². The minimum atomic E-state index is -0.380. The van der Waals surface area contributed by atoms with Crippen LogP contribution in [0.3, 0.4) is 0 Å². The number of aromatic nitrogens is 1. The summed E-state index contributed by atoms with van der Waals surface area (Å²) in [4.78, 5) is 32.1. The molecule has 2 aromatic carbocycles. The minimum absolute atomic E-state index is 0.143. The van der Waals surface area contributed by atoms with Gasteiger partial charge in [0, 0.05) is 23.6 Å². The maximum Gasteiger partial charge on any atom is 0.278 e. The van der Waals surface area contributed by atoms with Gasteiger partial charge in [-0.2, -0.15) is 0 Å². The highest BCUT2D eigenvalue weighted by molar-refractivity contribution is 6.36. The van der Waals surface area contributed by atoms with Crippen molar-refractivity contribution in [2.24, 2.45) is 0 Å². The van der Waals surface area contributed by atoms with E-state index >= 15 is 0 Å². The standard InChI is InChI=1S/C25H23N3O3/c1-3-17-10-12-19(13-11-17)27-23-22(20-8-4-5-9-21(20)31-2)24(29)28(25(23)30)16-18-7-6-14-26-15-18/h4-15,27H,3,16H2,1-2H3. The molecule has 31 heavy (non-hydrogen) atoms. The molecule has 0 unspecified atom stereocenters. The van der Waals surface area contributed by atoms with Gasteiger partial charge in [0.15, 0.2) is 0 Å². The molecule has 0 aliphatic carbocycles. The molecular formula is C25H23N3O3. The first kappa shape index (κ1) is 20.3. The van der Waals surface area contributed by atoms with Crippen molar-refractivity contribution in [3.63, 3.8) is 0 Å². The number of methoxy groups -OCH3 is 1. The number of nitrogens with zero attached hydrogens (tertiary/aromatic N) is 2. The Balaban J connectivity index is 1.76. The first-order valence-electron chi connectivity index (χ1n) is 10.1. The normalized spacial score (nSPS) is 13.7. The number of imide groups is 1. The van der Waals surface area contributed by atoms with E-state index in [-0.39, 0.29) is 24.1 Å². The molecule has 4 rings (SSSR count). The molecule has 0 radical (unpaired) electrons. The Bertz CT molecular complexity index is 1140. The molecule has 1 aliphatic heterocycles. The second kappa shape index (κ2) is 8.83. The van der Waals surface area contributed by atoms with E-state index in [1.165, 1.54) is 10.5 Å². The molecule has 0 fully saturated rings. The maximum absolute atomic E-state index is 13.4. The monoisotopic (exact) mass is 413 g/mol. The zero-order valence-corrected chi connectivity index (χ0v) is 17.5. The van der Waals surface area contributed by atoms with E-state index in [2.05, 4.69) is 17.2 Å². The Labute approximate surface area is 181 Å². The first-order chi connectivity index (χ1) is 15.1. The van der Waals surface area contributed by atoms with Gasteiger partial charge in [-0.15, -0.1) is 0 Å². The van der Waals surface area contributed by atoms with Crippen LogP contribution in [0.5, 0.6) is 5.75 Å². The van der Waals surface area contributed by atoms with E-state index in [9.17, 15) is 9.59 Å². The van der Waals surface area contributed by atoms with Gasteiger partial charge in [0.25, 0.3) is 11.8 Å². The largest absolute Gasteiger partial charge is 0.496 e. The van der Waals surface area contributed by atoms with E-state index in [4.69, 9.17) is 4.74 Å². The third-order valence-corrected chi connectivity index (χ3v) is 5.24. The molecule has 6 heteroatoms. The number of para-hydroxylation sites is 1. The van der Waals surface area contributed by atoms with Crippen molar-refractivity contribution in [1.29, 1.82) is 0 Å². The van der Waals surface area contributed by atoms with Gasteiger partial charge in [-0.1, -0.05) is 43.3 Å². The van der Waals surface area contributed by atoms with Gasteiger partial charge < -0.3 is 10.1 Å². The molecular weight excluding hydrogens is 390 g/mol. The lowest BCUT2D eigenvalue weighted by molar-refractivity contribution is -0.137. The van der Waals surface area contributed by atoms with Crippen molar-refractivity contribution < 1.29 is 14.3 Å². The number of hydrogen-bond acceptors (Lipinski definition) is 5. The van der Waals surface area contributed by atoms with Gasteiger partial charge >= 0.3 is 0 Å². The molecule has 0 saturated heterocycles. The van der Waals surface area contributed by atoms with Gasteiger partial charge in [0.05, 0.1) is 19.2 Å². The molecule has 0 saturated carbocycles. The lowest BCUT2D eigenvalue weighted by Gasteiger charge is -2.15. The summed E-state index contributed by atoms with van der Waals surface area (Å²) in [5, 5.41) is 3.18. The fourth-order valence-electron chi connectivity index (χ4n) is 3.58. The molecule has 1 aromatic heterocycles. The summed E-state index contributed by atoms with van der Waals surface area (Å²) in [6, 6.07) is 18.6. The van der Waals surface area contributed by atoms with Crippen LogP contribution in [-0.4, -0.2) is 28.8 Å². The smallest absolute Gasteiger partial charge is 0.278 e. The van der Waals surface area contributed by atoms with Crippen LogP contribution in [0.2, 0.25) is 0 Å². The van der Waals surface area contributed by atoms with Crippen LogP contribution >= 0.6 is 0 Å². The zero-order chi connectivity index (χ0) is 21.8. The molecule has 0 spiro atoms. The Hall–Kier alpha value is -3.93. The Kier molecular flexibility index (Phi) is 5.80. The highest BCUT2D eigenvalue weighted by atomic mass is 16.5. The summed E-state index contributed by atoms with van der Waals surface area (Å²) in [5.41, 5.74) is 3.82. The fourth-order valence-corrected chi connectivity index (χ4v) is 3.58. The predicted octanol–water partition coefficient (Wildman–Crippen LogP) is 4.04. The van der Waals surface area contributed by atoms with Crippen molar-refractivity contribution >= 4 is 23.1 Å². The van der Waals surface area contributed by atoms with Crippen LogP contribution in [0.15, 0.2) is 78.8 Å². The van der Waals surface area contributed by atoms with E-state index in [0.29, 0.717) is 16.9 Å². The number of hydrogen-bond donors (Lipinski definition) is 1. The quantitative estimate of drug-likeness (QED) is 0.592. The third kappa shape index (κ3) is 4.05. The number of amides is 2. The molecule has 156 valence electrons. The Morgan fingerprint density at radius 3 is 2.39 bits per heavy atom. The number of anilines is 1. The topological polar surface area (TPSA) is 71.5 Å². The lowest BCUT2D eigenvalue weighted by atomic mass is 10.0. The number of nitrogens with one attached hydrogen (secondary N) is 1. The predicted molar refractivity (Wildman–Crippen MR) is 119 cm³/mol. The zero-order valence-electron chi connectivity index (χ0n) is 17.5. The minimum Gasteiger partial charge on any atom is -0.496 e. The van der Waals surface area contributed by atoms with Crippen molar-refractivity contribution in [3.8, 4) is 5.75 Å². The molecule has 6 nitrogen and oxygen atoms in total. The van der Waals surface area contributed by atoms with Crippen molar-refractivity contribution in [2.45, 2.75) is 19.9 Å². The number of benzene rings is 2. The molecule has 1 N–H and O–H groups in total. The van der Waals surface area contributed by atoms with Crippen molar-refractivity contribution in [2.75, 3.05) is 12.4 Å². The van der Waals surface area contributed by atoms with Crippen LogP contribution in [-0.2, 0) is 22.6 Å². The van der Waals surface area contributed by atoms with Gasteiger partial charge in [0.1, 0.15) is 11.4 Å². The number of carbonyl (C=O) groups excluding carboxylic acids is 2. The maximum atomic E-state index is 13.4. The summed E-state index contributed by atoms with van der Waals surface area (Å²) in [6.07, 6.45) is 4.23. The fraction of sp³-hybridized carbons (Fsp3) is 0.160. The van der Waals surface area contributed by atoms with E-state index in [1.54, 1.807) is 37.7 Å². The summed E-state index contributed by atoms with van der Waals surface area (Å²) >= 11 is 0. The number of pyridine rings is 1. The van der Waals surface area contributed by atoms with Crippen molar-refractivity contribution in [3.05, 3.63) is 95.4 Å². The van der Waals surface area contributed by atoms with Gasteiger partial charge in [-0.25, -0.2) is 0 Å². The van der Waals surface area contributed by atoms with E-state index in [1.807, 2.05) is 42.5 Å². The van der Waals surface area contributed by atoms with Crippen LogP contribution in [0.25, 0.3) is 5.57 Å². The number of aryl methyl sites for hydroxylation is 1. The van der Waals surface area contributed by atoms with Crippen LogP contribution < -0.4 is 10.1 Å². The second-order valence-electron chi connectivity index (χ2n) is 7.18. The summed E-state index contributed by atoms with van der Waals surface area (Å²) in [5.74, 6) is -0.220. The lowest BCUT2D eigenvalue weighted by Crippen LogP contribution is -2.32. The second-order valence-corrected chi connectivity index (χ2v) is 7.18. The highest BCUT2D eigenvalue weighted by Crippen LogP contribution is 2.35. The molecule has 2 heterocycles. The molecule has 0 bridgehead atoms. The number of carbonyl (C=O) groups is 2. The van der Waals surface area contributed by atoms with Gasteiger partial charge in [-0.05, 0) is 41.8 Å². The Morgan fingerprint density at radius 2 is 1.71 bits per heavy atom. The average molecular weight is 413 g/mol. The van der Waals surface area contributed by atoms with Crippen LogP contribution in [0, 0.1) is 0 Å². The highest BCUT2D eigenvalue weighted by Gasteiger charge is 2.40. The van der Waals surface area contributed by atoms with Crippen LogP contribution in [0.4, 0.5) is 5.69 Å². The third-order valence-electron chi connectivity index (χ3n) is 5.24. The average Bonchev–Trinajstić information content (AvgIpc) is 3.04.